The first-order chi connectivity index (χ1) is 12.3. The molecule has 0 fully saturated rings. The average Bonchev–Trinajstić information content (AvgIpc) is 3.23. The quantitative estimate of drug-likeness (QED) is 0.739. The number of nitrogens with two attached hydrogens (primary N) is 1. The van der Waals surface area contributed by atoms with Crippen LogP contribution in [0.4, 0.5) is 10.5 Å². The predicted octanol–water partition coefficient (Wildman–Crippen LogP) is 3.08. The van der Waals surface area contributed by atoms with E-state index in [1.807, 2.05) is 13.0 Å². The fourth-order valence-corrected chi connectivity index (χ4v) is 4.62. The number of aryl methyl sites for hydroxylation is 2. The molecule has 0 aromatic carbocycles. The molecule has 7 nitrogen and oxygen atoms in total. The maximum absolute atomic E-state index is 12.4. The molecule has 140 valence electrons. The van der Waals surface area contributed by atoms with Gasteiger partial charge < -0.3 is 10.4 Å². The molecule has 0 aliphatic heterocycles. The van der Waals surface area contributed by atoms with Crippen molar-refractivity contribution in [3.8, 4) is 0 Å². The normalized spacial score (nSPS) is 15.1. The Balaban J connectivity index is 1.79. The number of anilines is 1. The van der Waals surface area contributed by atoms with Crippen LogP contribution in [0.2, 0.25) is 0 Å². The third kappa shape index (κ3) is 4.17. The summed E-state index contributed by atoms with van der Waals surface area (Å²) in [4.78, 5) is 21.2. The second kappa shape index (κ2) is 7.51. The monoisotopic (exact) mass is 393 g/mol. The van der Waals surface area contributed by atoms with Gasteiger partial charge in [-0.15, -0.1) is 11.3 Å². The number of aliphatic hydroxyl groups is 1. The molecule has 26 heavy (non-hydrogen) atoms. The zero-order valence-corrected chi connectivity index (χ0v) is 16.7. The van der Waals surface area contributed by atoms with Crippen molar-refractivity contribution in [3.05, 3.63) is 34.2 Å². The van der Waals surface area contributed by atoms with Gasteiger partial charge in [0.05, 0.1) is 6.20 Å². The minimum absolute atomic E-state index is 0.476. The number of fused-ring (bicyclic) bond motifs is 1. The molecule has 1 aliphatic rings. The minimum Gasteiger partial charge on any atom is -0.383 e. The van der Waals surface area contributed by atoms with Gasteiger partial charge in [0.1, 0.15) is 14.8 Å². The number of hydrogen-bond donors (Lipinski definition) is 3. The molecule has 2 aromatic rings. The molecule has 3 rings (SSSR count). The van der Waals surface area contributed by atoms with Crippen molar-refractivity contribution in [2.75, 3.05) is 5.32 Å². The lowest BCUT2D eigenvalue weighted by Crippen LogP contribution is -2.14. The SMILES string of the molecule is CCc1cc(NC(=O)/N=S(\N)c2cnc(C(C)(C)O)s2)c2c(n1)CCC2. The Morgan fingerprint density at radius 3 is 2.92 bits per heavy atom. The van der Waals surface area contributed by atoms with Gasteiger partial charge in [0.25, 0.3) is 0 Å². The topological polar surface area (TPSA) is 113 Å². The lowest BCUT2D eigenvalue weighted by atomic mass is 10.1. The van der Waals surface area contributed by atoms with E-state index in [2.05, 4.69) is 19.6 Å². The van der Waals surface area contributed by atoms with Crippen LogP contribution in [0.5, 0.6) is 0 Å². The number of nitrogens with zero attached hydrogens (tertiary/aromatic N) is 3. The summed E-state index contributed by atoms with van der Waals surface area (Å²) in [5.74, 6) is 0. The van der Waals surface area contributed by atoms with Crippen LogP contribution >= 0.6 is 11.3 Å². The fraction of sp³-hybridized carbons (Fsp3) is 0.471. The highest BCUT2D eigenvalue weighted by Crippen LogP contribution is 2.29. The van der Waals surface area contributed by atoms with E-state index in [1.165, 1.54) is 11.3 Å². The van der Waals surface area contributed by atoms with E-state index < -0.39 is 22.5 Å². The van der Waals surface area contributed by atoms with E-state index in [9.17, 15) is 9.90 Å². The number of amides is 2. The molecule has 2 aromatic heterocycles. The lowest BCUT2D eigenvalue weighted by Gasteiger charge is -2.12. The van der Waals surface area contributed by atoms with Crippen molar-refractivity contribution in [1.29, 1.82) is 0 Å². The molecule has 1 unspecified atom stereocenters. The van der Waals surface area contributed by atoms with Crippen LogP contribution in [0.15, 0.2) is 20.8 Å². The van der Waals surface area contributed by atoms with E-state index >= 15 is 0 Å². The van der Waals surface area contributed by atoms with E-state index in [4.69, 9.17) is 5.14 Å². The van der Waals surface area contributed by atoms with Gasteiger partial charge in [-0.3, -0.25) is 10.1 Å². The van der Waals surface area contributed by atoms with Gasteiger partial charge in [0.2, 0.25) is 0 Å². The molecule has 2 amide bonds. The summed E-state index contributed by atoms with van der Waals surface area (Å²) >= 11 is 1.26. The molecule has 0 saturated heterocycles. The second-order valence-corrected chi connectivity index (χ2v) is 9.21. The zero-order valence-electron chi connectivity index (χ0n) is 15.1. The molecule has 1 aliphatic carbocycles. The van der Waals surface area contributed by atoms with Crippen molar-refractivity contribution >= 4 is 33.9 Å². The number of thiazole rings is 1. The van der Waals surface area contributed by atoms with Gasteiger partial charge in [-0.25, -0.2) is 9.78 Å². The number of carbonyl (C=O) groups is 1. The van der Waals surface area contributed by atoms with Crippen LogP contribution < -0.4 is 10.5 Å². The summed E-state index contributed by atoms with van der Waals surface area (Å²) in [7, 11) is -1.11. The maximum Gasteiger partial charge on any atom is 0.352 e. The summed E-state index contributed by atoms with van der Waals surface area (Å²) in [5.41, 5.74) is 2.89. The van der Waals surface area contributed by atoms with Crippen LogP contribution in [-0.2, 0) is 35.7 Å². The predicted molar refractivity (Wildman–Crippen MR) is 104 cm³/mol. The summed E-state index contributed by atoms with van der Waals surface area (Å²) in [5, 5.41) is 19.5. The van der Waals surface area contributed by atoms with E-state index in [-0.39, 0.29) is 0 Å². The zero-order chi connectivity index (χ0) is 18.9. The van der Waals surface area contributed by atoms with Crippen molar-refractivity contribution in [2.45, 2.75) is 56.3 Å². The summed E-state index contributed by atoms with van der Waals surface area (Å²) in [6, 6.07) is 1.45. The highest BCUT2D eigenvalue weighted by atomic mass is 32.2. The number of hydrogen-bond acceptors (Lipinski definition) is 5. The van der Waals surface area contributed by atoms with Gasteiger partial charge in [0, 0.05) is 28.0 Å². The summed E-state index contributed by atoms with van der Waals surface area (Å²) in [6.45, 7) is 5.35. The Bertz CT molecular complexity index is 871. The molecular formula is C17H23N5O2S2. The van der Waals surface area contributed by atoms with Gasteiger partial charge in [0.15, 0.2) is 0 Å². The van der Waals surface area contributed by atoms with Crippen molar-refractivity contribution < 1.29 is 9.90 Å². The number of aromatic nitrogens is 2. The minimum atomic E-state index is -1.11. The van der Waals surface area contributed by atoms with Crippen molar-refractivity contribution in [1.82, 2.24) is 9.97 Å². The third-order valence-electron chi connectivity index (χ3n) is 4.10. The molecule has 1 atom stereocenters. The Morgan fingerprint density at radius 2 is 2.27 bits per heavy atom. The third-order valence-corrected chi connectivity index (χ3v) is 6.85. The summed E-state index contributed by atoms with van der Waals surface area (Å²) in [6.07, 6.45) is 5.30. The maximum atomic E-state index is 12.4. The molecule has 4 N–H and O–H groups in total. The van der Waals surface area contributed by atoms with E-state index in [0.717, 1.165) is 48.3 Å². The average molecular weight is 394 g/mol. The van der Waals surface area contributed by atoms with Gasteiger partial charge in [-0.05, 0) is 51.2 Å². The molecular weight excluding hydrogens is 370 g/mol. The first-order valence-electron chi connectivity index (χ1n) is 8.49. The van der Waals surface area contributed by atoms with Crippen LogP contribution in [0, 0.1) is 0 Å². The number of pyridine rings is 1. The molecule has 9 heteroatoms. The lowest BCUT2D eigenvalue weighted by molar-refractivity contribution is 0.0783. The Hall–Kier alpha value is -1.68. The fourth-order valence-electron chi connectivity index (χ4n) is 2.80. The Labute approximate surface area is 159 Å². The van der Waals surface area contributed by atoms with E-state index in [1.54, 1.807) is 20.0 Å². The van der Waals surface area contributed by atoms with Crippen LogP contribution in [0.1, 0.15) is 49.2 Å². The molecule has 0 bridgehead atoms. The second-order valence-electron chi connectivity index (χ2n) is 6.67. The Kier molecular flexibility index (Phi) is 5.52. The van der Waals surface area contributed by atoms with Crippen LogP contribution in [0.25, 0.3) is 0 Å². The highest BCUT2D eigenvalue weighted by Gasteiger charge is 2.22. The number of nitrogens with one attached hydrogen (secondary N) is 1. The number of rotatable bonds is 4. The molecule has 0 saturated carbocycles. The summed E-state index contributed by atoms with van der Waals surface area (Å²) < 4.78 is 4.70. The van der Waals surface area contributed by atoms with Crippen LogP contribution in [-0.4, -0.2) is 21.1 Å². The van der Waals surface area contributed by atoms with Crippen molar-refractivity contribution in [2.24, 2.45) is 9.50 Å². The largest absolute Gasteiger partial charge is 0.383 e. The highest BCUT2D eigenvalue weighted by molar-refractivity contribution is 7.87. The van der Waals surface area contributed by atoms with E-state index in [0.29, 0.717) is 9.22 Å². The molecule has 0 spiro atoms. The molecule has 2 heterocycles. The van der Waals surface area contributed by atoms with Gasteiger partial charge in [-0.2, -0.15) is 4.36 Å². The van der Waals surface area contributed by atoms with Gasteiger partial charge in [-0.1, -0.05) is 6.92 Å². The first-order valence-corrected chi connectivity index (χ1v) is 10.6. The van der Waals surface area contributed by atoms with Crippen molar-refractivity contribution in [3.63, 3.8) is 0 Å². The van der Waals surface area contributed by atoms with Gasteiger partial charge >= 0.3 is 6.03 Å². The van der Waals surface area contributed by atoms with Crippen LogP contribution in [0.3, 0.4) is 0 Å². The Morgan fingerprint density at radius 1 is 1.50 bits per heavy atom. The standard InChI is InChI=1S/C17H23N5O2S2/c1-4-10-8-13(11-6-5-7-12(11)20-10)21-16(23)22-26(18)14-9-19-15(25-14)17(2,3)24/h8-9,24H,4-7H2,1-3H3,(H3,18,20,21,22,23). The molecule has 0 radical (unpaired) electrons. The smallest absolute Gasteiger partial charge is 0.352 e. The number of urea groups is 1. The first kappa shape index (κ1) is 19.1. The number of carbonyl (C=O) groups excluding carboxylic acids is 1.